The molecule has 0 spiro atoms. The van der Waals surface area contributed by atoms with Crippen LogP contribution in [-0.2, 0) is 47.7 Å². The van der Waals surface area contributed by atoms with E-state index in [-0.39, 0.29) is 32.1 Å². The van der Waals surface area contributed by atoms with Gasteiger partial charge in [-0.2, -0.15) is 0 Å². The summed E-state index contributed by atoms with van der Waals surface area (Å²) < 4.78 is 26.8. The fraction of sp³-hybridized carbons (Fsp3) is 0.808. The fourth-order valence-corrected chi connectivity index (χ4v) is 3.52. The maximum absolute atomic E-state index is 12.4. The highest BCUT2D eigenvalue weighted by Crippen LogP contribution is 2.25. The first-order valence-electron chi connectivity index (χ1n) is 12.9. The SMILES string of the molecule is CCCCCNC(=O)CCOCCOCCOCCOCCOCCC(=O)C(C(C)=O)(C(C)=O)C(C)=O. The number of rotatable bonds is 26. The lowest BCUT2D eigenvalue weighted by Crippen LogP contribution is -2.50. The van der Waals surface area contributed by atoms with Crippen LogP contribution in [0.3, 0.4) is 0 Å². The molecule has 214 valence electrons. The summed E-state index contributed by atoms with van der Waals surface area (Å²) >= 11 is 0. The summed E-state index contributed by atoms with van der Waals surface area (Å²) in [5.41, 5.74) is -2.22. The topological polar surface area (TPSA) is 144 Å². The Labute approximate surface area is 220 Å². The average molecular weight is 532 g/mol. The van der Waals surface area contributed by atoms with Crippen LogP contribution in [0.2, 0.25) is 0 Å². The number of ketones is 4. The van der Waals surface area contributed by atoms with Crippen molar-refractivity contribution in [2.45, 2.75) is 59.8 Å². The summed E-state index contributed by atoms with van der Waals surface area (Å²) in [5, 5.41) is 2.86. The number of carbonyl (C=O) groups excluding carboxylic acids is 5. The number of unbranched alkanes of at least 4 members (excludes halogenated alkanes) is 2. The molecular formula is C26H45NO10. The molecule has 11 heteroatoms. The molecule has 0 aromatic rings. The third-order valence-corrected chi connectivity index (χ3v) is 5.54. The van der Waals surface area contributed by atoms with Crippen LogP contribution in [-0.4, -0.2) is 102 Å². The van der Waals surface area contributed by atoms with Crippen molar-refractivity contribution in [3.05, 3.63) is 0 Å². The zero-order valence-electron chi connectivity index (χ0n) is 22.9. The maximum Gasteiger partial charge on any atom is 0.222 e. The zero-order valence-corrected chi connectivity index (χ0v) is 22.9. The van der Waals surface area contributed by atoms with Crippen LogP contribution in [0, 0.1) is 5.41 Å². The van der Waals surface area contributed by atoms with Gasteiger partial charge in [0.1, 0.15) is 0 Å². The van der Waals surface area contributed by atoms with Gasteiger partial charge in [-0.3, -0.25) is 24.0 Å². The van der Waals surface area contributed by atoms with E-state index in [9.17, 15) is 24.0 Å². The molecule has 0 heterocycles. The minimum atomic E-state index is -2.22. The highest BCUT2D eigenvalue weighted by molar-refractivity contribution is 6.37. The van der Waals surface area contributed by atoms with Crippen LogP contribution in [0.1, 0.15) is 59.8 Å². The quantitative estimate of drug-likeness (QED) is 0.129. The van der Waals surface area contributed by atoms with E-state index in [0.29, 0.717) is 59.2 Å². The van der Waals surface area contributed by atoms with Gasteiger partial charge in [-0.15, -0.1) is 0 Å². The lowest BCUT2D eigenvalue weighted by molar-refractivity contribution is -0.153. The van der Waals surface area contributed by atoms with Crippen molar-refractivity contribution in [3.63, 3.8) is 0 Å². The second-order valence-electron chi connectivity index (χ2n) is 8.46. The summed E-state index contributed by atoms with van der Waals surface area (Å²) in [7, 11) is 0. The monoisotopic (exact) mass is 531 g/mol. The van der Waals surface area contributed by atoms with E-state index < -0.39 is 28.5 Å². The van der Waals surface area contributed by atoms with Gasteiger partial charge in [0, 0.05) is 19.4 Å². The Morgan fingerprint density at radius 3 is 1.32 bits per heavy atom. The van der Waals surface area contributed by atoms with Gasteiger partial charge in [0.25, 0.3) is 0 Å². The van der Waals surface area contributed by atoms with Gasteiger partial charge >= 0.3 is 0 Å². The van der Waals surface area contributed by atoms with Crippen LogP contribution in [0.5, 0.6) is 0 Å². The van der Waals surface area contributed by atoms with Crippen molar-refractivity contribution < 1.29 is 47.7 Å². The Kier molecular flexibility index (Phi) is 20.8. The molecule has 0 aromatic heterocycles. The first kappa shape index (κ1) is 35.0. The molecule has 0 fully saturated rings. The molecule has 37 heavy (non-hydrogen) atoms. The average Bonchev–Trinajstić information content (AvgIpc) is 2.83. The maximum atomic E-state index is 12.4. The number of hydrogen-bond acceptors (Lipinski definition) is 10. The summed E-state index contributed by atoms with van der Waals surface area (Å²) in [6, 6.07) is 0. The van der Waals surface area contributed by atoms with E-state index in [0.717, 1.165) is 40.0 Å². The molecule has 11 nitrogen and oxygen atoms in total. The molecule has 0 atom stereocenters. The van der Waals surface area contributed by atoms with Gasteiger partial charge in [0.05, 0.1) is 66.1 Å². The fourth-order valence-electron chi connectivity index (χ4n) is 3.52. The van der Waals surface area contributed by atoms with Crippen molar-refractivity contribution in [3.8, 4) is 0 Å². The standard InChI is InChI=1S/C26H45NO10/c1-5-6-7-10-27-25(32)9-12-34-14-16-36-18-20-37-19-17-35-15-13-33-11-8-24(31)26(21(2)28,22(3)29)23(4)30/h5-20H2,1-4H3,(H,27,32). The van der Waals surface area contributed by atoms with Crippen LogP contribution in [0.25, 0.3) is 0 Å². The van der Waals surface area contributed by atoms with E-state index in [2.05, 4.69) is 12.2 Å². The molecule has 0 radical (unpaired) electrons. The summed E-state index contributed by atoms with van der Waals surface area (Å²) in [6.07, 6.45) is 3.37. The lowest BCUT2D eigenvalue weighted by Gasteiger charge is -2.23. The van der Waals surface area contributed by atoms with E-state index in [1.54, 1.807) is 0 Å². The van der Waals surface area contributed by atoms with E-state index in [1.165, 1.54) is 0 Å². The number of amides is 1. The Morgan fingerprint density at radius 1 is 0.568 bits per heavy atom. The van der Waals surface area contributed by atoms with Crippen molar-refractivity contribution in [1.29, 1.82) is 0 Å². The molecule has 0 saturated carbocycles. The molecular weight excluding hydrogens is 486 g/mol. The van der Waals surface area contributed by atoms with Gasteiger partial charge in [-0.25, -0.2) is 0 Å². The Balaban J connectivity index is 3.57. The minimum absolute atomic E-state index is 0.00403. The van der Waals surface area contributed by atoms with Crippen molar-refractivity contribution in [1.82, 2.24) is 5.32 Å². The molecule has 0 rings (SSSR count). The van der Waals surface area contributed by atoms with Crippen molar-refractivity contribution in [2.24, 2.45) is 5.41 Å². The number of Topliss-reactive ketones (excluding diaryl/α,β-unsaturated/α-hetero) is 4. The van der Waals surface area contributed by atoms with Gasteiger partial charge in [0.15, 0.2) is 23.1 Å². The van der Waals surface area contributed by atoms with Gasteiger partial charge in [-0.05, 0) is 27.2 Å². The molecule has 0 saturated heterocycles. The van der Waals surface area contributed by atoms with Crippen molar-refractivity contribution >= 4 is 29.0 Å². The Bertz CT molecular complexity index is 659. The molecule has 0 bridgehead atoms. The molecule has 0 unspecified atom stereocenters. The molecule has 0 aliphatic carbocycles. The summed E-state index contributed by atoms with van der Waals surface area (Å²) in [6.45, 7) is 9.27. The second kappa shape index (κ2) is 22.0. The van der Waals surface area contributed by atoms with E-state index >= 15 is 0 Å². The third kappa shape index (κ3) is 15.1. The highest BCUT2D eigenvalue weighted by atomic mass is 16.6. The predicted octanol–water partition coefficient (Wildman–Crippen LogP) is 1.48. The first-order valence-corrected chi connectivity index (χ1v) is 12.9. The molecule has 0 aliphatic heterocycles. The highest BCUT2D eigenvalue weighted by Gasteiger charge is 2.51. The number of carbonyl (C=O) groups is 5. The van der Waals surface area contributed by atoms with E-state index in [1.807, 2.05) is 0 Å². The Morgan fingerprint density at radius 2 is 0.946 bits per heavy atom. The van der Waals surface area contributed by atoms with Gasteiger partial charge in [0.2, 0.25) is 11.3 Å². The van der Waals surface area contributed by atoms with Crippen LogP contribution in [0.15, 0.2) is 0 Å². The largest absolute Gasteiger partial charge is 0.379 e. The van der Waals surface area contributed by atoms with E-state index in [4.69, 9.17) is 23.7 Å². The van der Waals surface area contributed by atoms with Crippen LogP contribution >= 0.6 is 0 Å². The lowest BCUT2D eigenvalue weighted by atomic mass is 9.72. The second-order valence-corrected chi connectivity index (χ2v) is 8.46. The molecule has 0 aromatic carbocycles. The zero-order chi connectivity index (χ0) is 27.9. The number of hydrogen-bond donors (Lipinski definition) is 1. The number of nitrogens with one attached hydrogen (secondary N) is 1. The van der Waals surface area contributed by atoms with Gasteiger partial charge < -0.3 is 29.0 Å². The summed E-state index contributed by atoms with van der Waals surface area (Å²) in [5.74, 6) is -3.05. The van der Waals surface area contributed by atoms with Crippen molar-refractivity contribution in [2.75, 3.05) is 72.6 Å². The molecule has 0 aliphatic rings. The van der Waals surface area contributed by atoms with Crippen LogP contribution in [0.4, 0.5) is 0 Å². The smallest absolute Gasteiger partial charge is 0.222 e. The third-order valence-electron chi connectivity index (χ3n) is 5.54. The predicted molar refractivity (Wildman–Crippen MR) is 135 cm³/mol. The van der Waals surface area contributed by atoms with Crippen LogP contribution < -0.4 is 5.32 Å². The van der Waals surface area contributed by atoms with Gasteiger partial charge in [-0.1, -0.05) is 19.8 Å². The molecule has 1 amide bonds. The Hall–Kier alpha value is -2.05. The first-order chi connectivity index (χ1) is 17.7. The summed E-state index contributed by atoms with van der Waals surface area (Å²) in [4.78, 5) is 59.6. The minimum Gasteiger partial charge on any atom is -0.379 e. The normalized spacial score (nSPS) is 11.4. The molecule has 1 N–H and O–H groups in total. The number of ether oxygens (including phenoxy) is 5.